The van der Waals surface area contributed by atoms with Crippen LogP contribution in [0, 0.1) is 11.8 Å². The van der Waals surface area contributed by atoms with Crippen molar-refractivity contribution < 1.29 is 4.79 Å². The number of hydrogen-bond donors (Lipinski definition) is 1. The van der Waals surface area contributed by atoms with Crippen LogP contribution in [0.25, 0.3) is 0 Å². The second kappa shape index (κ2) is 4.49. The summed E-state index contributed by atoms with van der Waals surface area (Å²) in [5, 5.41) is 0. The summed E-state index contributed by atoms with van der Waals surface area (Å²) < 4.78 is 0. The van der Waals surface area contributed by atoms with E-state index in [-0.39, 0.29) is 12.4 Å². The quantitative estimate of drug-likeness (QED) is 0.714. The van der Waals surface area contributed by atoms with E-state index in [1.807, 2.05) is 4.90 Å². The van der Waals surface area contributed by atoms with E-state index in [9.17, 15) is 4.79 Å². The Morgan fingerprint density at radius 2 is 2.00 bits per heavy atom. The number of piperidine rings is 1. The van der Waals surface area contributed by atoms with E-state index >= 15 is 0 Å². The van der Waals surface area contributed by atoms with E-state index in [0.717, 1.165) is 32.4 Å². The van der Waals surface area contributed by atoms with Gasteiger partial charge >= 0.3 is 0 Å². The van der Waals surface area contributed by atoms with Crippen molar-refractivity contribution in [3.05, 3.63) is 0 Å². The zero-order chi connectivity index (χ0) is 9.42. The van der Waals surface area contributed by atoms with E-state index in [1.54, 1.807) is 0 Å². The molecule has 0 radical (unpaired) electrons. The van der Waals surface area contributed by atoms with Gasteiger partial charge in [-0.1, -0.05) is 6.92 Å². The predicted octanol–water partition coefficient (Wildman–Crippen LogP) is 1.01. The summed E-state index contributed by atoms with van der Waals surface area (Å²) in [4.78, 5) is 13.7. The highest BCUT2D eigenvalue weighted by Gasteiger charge is 2.35. The summed E-state index contributed by atoms with van der Waals surface area (Å²) in [5.74, 6) is 1.21. The second-order valence-corrected chi connectivity index (χ2v) is 4.49. The number of amides is 1. The van der Waals surface area contributed by atoms with Crippen molar-refractivity contribution in [2.24, 2.45) is 17.6 Å². The van der Waals surface area contributed by atoms with Crippen LogP contribution in [0.4, 0.5) is 0 Å². The number of nitrogens with two attached hydrogens (primary N) is 1. The Balaban J connectivity index is 0.000000980. The van der Waals surface area contributed by atoms with Crippen molar-refractivity contribution in [1.82, 2.24) is 4.90 Å². The Bertz CT molecular complexity index is 218. The van der Waals surface area contributed by atoms with Crippen LogP contribution in [0.1, 0.15) is 26.2 Å². The van der Waals surface area contributed by atoms with Gasteiger partial charge in [-0.15, -0.1) is 12.4 Å². The Labute approximate surface area is 91.4 Å². The van der Waals surface area contributed by atoms with Crippen LogP contribution in [-0.2, 0) is 4.79 Å². The molecule has 4 heteroatoms. The first-order valence-corrected chi connectivity index (χ1v) is 5.23. The molecule has 3 nitrogen and oxygen atoms in total. The van der Waals surface area contributed by atoms with Crippen LogP contribution in [-0.4, -0.2) is 29.9 Å². The van der Waals surface area contributed by atoms with E-state index in [0.29, 0.717) is 23.8 Å². The van der Waals surface area contributed by atoms with Crippen LogP contribution in [0.15, 0.2) is 0 Å². The molecule has 2 fully saturated rings. The molecule has 14 heavy (non-hydrogen) atoms. The van der Waals surface area contributed by atoms with Gasteiger partial charge in [0.25, 0.3) is 0 Å². The van der Waals surface area contributed by atoms with Gasteiger partial charge in [-0.2, -0.15) is 0 Å². The summed E-state index contributed by atoms with van der Waals surface area (Å²) >= 11 is 0. The molecule has 0 aromatic rings. The van der Waals surface area contributed by atoms with Crippen LogP contribution in [0.2, 0.25) is 0 Å². The maximum atomic E-state index is 11.7. The lowest BCUT2D eigenvalue weighted by Gasteiger charge is -2.35. The SMILES string of the molecule is CC1CN(C(=O)C2CC2)CCC1N.Cl. The molecule has 1 saturated carbocycles. The second-order valence-electron chi connectivity index (χ2n) is 4.49. The smallest absolute Gasteiger partial charge is 0.225 e. The normalized spacial score (nSPS) is 32.3. The molecule has 0 aromatic carbocycles. The highest BCUT2D eigenvalue weighted by molar-refractivity contribution is 5.85. The van der Waals surface area contributed by atoms with E-state index in [4.69, 9.17) is 5.73 Å². The minimum absolute atomic E-state index is 0. The molecule has 1 aliphatic carbocycles. The monoisotopic (exact) mass is 218 g/mol. The first-order chi connectivity index (χ1) is 6.18. The van der Waals surface area contributed by atoms with Crippen molar-refractivity contribution in [2.45, 2.75) is 32.2 Å². The van der Waals surface area contributed by atoms with Gasteiger partial charge in [0.2, 0.25) is 5.91 Å². The maximum Gasteiger partial charge on any atom is 0.225 e. The number of likely N-dealkylation sites (tertiary alicyclic amines) is 1. The Morgan fingerprint density at radius 1 is 1.36 bits per heavy atom. The molecule has 0 spiro atoms. The van der Waals surface area contributed by atoms with Gasteiger partial charge in [-0.3, -0.25) is 4.79 Å². The molecule has 1 aliphatic heterocycles. The van der Waals surface area contributed by atoms with Crippen molar-refractivity contribution in [3.63, 3.8) is 0 Å². The Morgan fingerprint density at radius 3 is 2.50 bits per heavy atom. The summed E-state index contributed by atoms with van der Waals surface area (Å²) in [6.45, 7) is 3.88. The molecule has 0 aromatic heterocycles. The first kappa shape index (κ1) is 11.8. The number of nitrogens with zero attached hydrogens (tertiary/aromatic N) is 1. The molecule has 82 valence electrons. The van der Waals surface area contributed by atoms with Crippen molar-refractivity contribution in [3.8, 4) is 0 Å². The lowest BCUT2D eigenvalue weighted by molar-refractivity contribution is -0.134. The number of halogens is 1. The van der Waals surface area contributed by atoms with Gasteiger partial charge in [-0.05, 0) is 25.2 Å². The number of hydrogen-bond acceptors (Lipinski definition) is 2. The molecule has 2 unspecified atom stereocenters. The third-order valence-electron chi connectivity index (χ3n) is 3.21. The highest BCUT2D eigenvalue weighted by Crippen LogP contribution is 2.32. The van der Waals surface area contributed by atoms with Crippen LogP contribution in [0.5, 0.6) is 0 Å². The fourth-order valence-corrected chi connectivity index (χ4v) is 1.95. The van der Waals surface area contributed by atoms with Gasteiger partial charge in [0, 0.05) is 25.0 Å². The number of carbonyl (C=O) groups is 1. The van der Waals surface area contributed by atoms with E-state index in [2.05, 4.69) is 6.92 Å². The minimum atomic E-state index is 0. The third-order valence-corrected chi connectivity index (χ3v) is 3.21. The molecule has 2 N–H and O–H groups in total. The summed E-state index contributed by atoms with van der Waals surface area (Å²) in [7, 11) is 0. The summed E-state index contributed by atoms with van der Waals surface area (Å²) in [6, 6.07) is 0.295. The molecule has 1 saturated heterocycles. The zero-order valence-corrected chi connectivity index (χ0v) is 9.43. The van der Waals surface area contributed by atoms with Crippen molar-refractivity contribution in [1.29, 1.82) is 0 Å². The fraction of sp³-hybridized carbons (Fsp3) is 0.900. The van der Waals surface area contributed by atoms with Crippen LogP contribution < -0.4 is 5.73 Å². The molecular formula is C10H19ClN2O. The van der Waals surface area contributed by atoms with Gasteiger partial charge in [0.05, 0.1) is 0 Å². The molecule has 2 aliphatic rings. The number of rotatable bonds is 1. The lowest BCUT2D eigenvalue weighted by atomic mass is 9.94. The van der Waals surface area contributed by atoms with Crippen LogP contribution >= 0.6 is 12.4 Å². The van der Waals surface area contributed by atoms with Gasteiger partial charge in [0.1, 0.15) is 0 Å². The van der Waals surface area contributed by atoms with Crippen molar-refractivity contribution >= 4 is 18.3 Å². The molecule has 1 heterocycles. The summed E-state index contributed by atoms with van der Waals surface area (Å²) in [6.07, 6.45) is 3.19. The van der Waals surface area contributed by atoms with E-state index < -0.39 is 0 Å². The summed E-state index contributed by atoms with van der Waals surface area (Å²) in [5.41, 5.74) is 5.89. The molecule has 2 atom stereocenters. The first-order valence-electron chi connectivity index (χ1n) is 5.23. The molecule has 2 rings (SSSR count). The Kier molecular flexibility index (Phi) is 3.78. The number of carbonyl (C=O) groups excluding carboxylic acids is 1. The third kappa shape index (κ3) is 2.39. The maximum absolute atomic E-state index is 11.7. The predicted molar refractivity (Wildman–Crippen MR) is 58.3 cm³/mol. The average molecular weight is 219 g/mol. The van der Waals surface area contributed by atoms with E-state index in [1.165, 1.54) is 0 Å². The topological polar surface area (TPSA) is 46.3 Å². The largest absolute Gasteiger partial charge is 0.342 e. The zero-order valence-electron chi connectivity index (χ0n) is 8.61. The van der Waals surface area contributed by atoms with Gasteiger partial charge in [0.15, 0.2) is 0 Å². The molecule has 1 amide bonds. The Hall–Kier alpha value is -0.280. The average Bonchev–Trinajstić information content (AvgIpc) is 2.91. The van der Waals surface area contributed by atoms with Crippen LogP contribution in [0.3, 0.4) is 0 Å². The molecular weight excluding hydrogens is 200 g/mol. The van der Waals surface area contributed by atoms with Crippen molar-refractivity contribution in [2.75, 3.05) is 13.1 Å². The fourth-order valence-electron chi connectivity index (χ4n) is 1.95. The minimum Gasteiger partial charge on any atom is -0.342 e. The standard InChI is InChI=1S/C10H18N2O.ClH/c1-7-6-12(5-4-9(7)11)10(13)8-2-3-8;/h7-9H,2-6,11H2,1H3;1H. The molecule has 0 bridgehead atoms. The highest BCUT2D eigenvalue weighted by atomic mass is 35.5. The van der Waals surface area contributed by atoms with Gasteiger partial charge in [-0.25, -0.2) is 0 Å². The van der Waals surface area contributed by atoms with Gasteiger partial charge < -0.3 is 10.6 Å². The lowest BCUT2D eigenvalue weighted by Crippen LogP contribution is -2.48.